The first-order valence-corrected chi connectivity index (χ1v) is 7.78. The fourth-order valence-electron chi connectivity index (χ4n) is 2.70. The smallest absolute Gasteiger partial charge is 0.140 e. The maximum atomic E-state index is 5.90. The zero-order valence-electron chi connectivity index (χ0n) is 12.2. The van der Waals surface area contributed by atoms with E-state index >= 15 is 0 Å². The van der Waals surface area contributed by atoms with Crippen LogP contribution >= 0.6 is 12.2 Å². The molecule has 0 bridgehead atoms. The summed E-state index contributed by atoms with van der Waals surface area (Å²) in [5.74, 6) is 0.891. The number of aromatic nitrogens is 2. The Morgan fingerprint density at radius 1 is 1.26 bits per heavy atom. The second kappa shape index (κ2) is 6.14. The summed E-state index contributed by atoms with van der Waals surface area (Å²) in [5, 5.41) is 0. The van der Waals surface area contributed by atoms with Gasteiger partial charge < -0.3 is 9.72 Å². The molecular formula is C15H24N2OS. The van der Waals surface area contributed by atoms with Crippen LogP contribution in [-0.4, -0.2) is 16.6 Å². The number of hydrogen-bond acceptors (Lipinski definition) is 3. The van der Waals surface area contributed by atoms with Crippen LogP contribution in [0.4, 0.5) is 0 Å². The van der Waals surface area contributed by atoms with Gasteiger partial charge in [0.05, 0.1) is 0 Å². The number of hydrogen-bond donors (Lipinski definition) is 1. The first-order chi connectivity index (χ1) is 9.10. The third kappa shape index (κ3) is 3.06. The fraction of sp³-hybridized carbons (Fsp3) is 0.733. The number of nitrogens with zero attached hydrogens (tertiary/aromatic N) is 1. The maximum absolute atomic E-state index is 5.90. The van der Waals surface area contributed by atoms with E-state index in [0.717, 1.165) is 29.7 Å². The van der Waals surface area contributed by atoms with Crippen LogP contribution < -0.4 is 0 Å². The van der Waals surface area contributed by atoms with E-state index in [0.29, 0.717) is 6.61 Å². The number of fused-ring (bicyclic) bond motifs is 1. The lowest BCUT2D eigenvalue weighted by molar-refractivity contribution is -0.0393. The van der Waals surface area contributed by atoms with E-state index in [1.165, 1.54) is 30.5 Å². The highest BCUT2D eigenvalue weighted by molar-refractivity contribution is 7.71. The molecular weight excluding hydrogens is 256 g/mol. The van der Waals surface area contributed by atoms with Crippen LogP contribution in [0.2, 0.25) is 0 Å². The van der Waals surface area contributed by atoms with Crippen molar-refractivity contribution in [3.05, 3.63) is 21.7 Å². The molecule has 0 fully saturated rings. The summed E-state index contributed by atoms with van der Waals surface area (Å²) < 4.78 is 6.67. The van der Waals surface area contributed by atoms with Crippen molar-refractivity contribution >= 4 is 12.2 Å². The lowest BCUT2D eigenvalue weighted by Gasteiger charge is -2.28. The summed E-state index contributed by atoms with van der Waals surface area (Å²) in [6, 6.07) is 0. The molecule has 1 atom stereocenters. The highest BCUT2D eigenvalue weighted by Crippen LogP contribution is 2.28. The van der Waals surface area contributed by atoms with Crippen molar-refractivity contribution in [1.29, 1.82) is 0 Å². The molecule has 2 rings (SSSR count). The van der Waals surface area contributed by atoms with E-state index in [-0.39, 0.29) is 5.60 Å². The van der Waals surface area contributed by atoms with Gasteiger partial charge in [-0.25, -0.2) is 4.98 Å². The molecule has 19 heavy (non-hydrogen) atoms. The highest BCUT2D eigenvalue weighted by Gasteiger charge is 2.28. The van der Waals surface area contributed by atoms with Crippen molar-refractivity contribution in [2.45, 2.75) is 64.9 Å². The number of nitrogens with one attached hydrogen (secondary N) is 1. The second-order valence-corrected chi connectivity index (χ2v) is 5.81. The zero-order chi connectivity index (χ0) is 13.9. The molecule has 1 aliphatic carbocycles. The Morgan fingerprint density at radius 3 is 2.68 bits per heavy atom. The topological polar surface area (TPSA) is 37.9 Å². The molecule has 0 aromatic carbocycles. The summed E-state index contributed by atoms with van der Waals surface area (Å²) in [6.07, 6.45) is 6.78. The van der Waals surface area contributed by atoms with Gasteiger partial charge in [0.1, 0.15) is 16.1 Å². The van der Waals surface area contributed by atoms with E-state index in [1.54, 1.807) is 0 Å². The summed E-state index contributed by atoms with van der Waals surface area (Å²) in [5.41, 5.74) is 2.18. The molecule has 1 aromatic heterocycles. The summed E-state index contributed by atoms with van der Waals surface area (Å²) >= 11 is 5.50. The quantitative estimate of drug-likeness (QED) is 0.667. The molecule has 0 amide bonds. The van der Waals surface area contributed by atoms with Gasteiger partial charge in [-0.3, -0.25) is 0 Å². The minimum Gasteiger partial charge on any atom is -0.368 e. The number of aryl methyl sites for hydroxylation is 1. The van der Waals surface area contributed by atoms with Crippen LogP contribution in [0.5, 0.6) is 0 Å². The van der Waals surface area contributed by atoms with E-state index < -0.39 is 0 Å². The fourth-order valence-corrected chi connectivity index (χ4v) is 3.02. The molecule has 0 radical (unpaired) electrons. The molecule has 106 valence electrons. The molecule has 1 aromatic rings. The molecule has 0 spiro atoms. The Labute approximate surface area is 120 Å². The maximum Gasteiger partial charge on any atom is 0.140 e. The Kier molecular flexibility index (Phi) is 4.74. The second-order valence-electron chi connectivity index (χ2n) is 5.43. The molecule has 3 nitrogen and oxygen atoms in total. The van der Waals surface area contributed by atoms with Gasteiger partial charge >= 0.3 is 0 Å². The number of ether oxygens (including phenoxy) is 1. The van der Waals surface area contributed by atoms with E-state index in [4.69, 9.17) is 17.0 Å². The van der Waals surface area contributed by atoms with Gasteiger partial charge in [0.25, 0.3) is 0 Å². The predicted octanol–water partition coefficient (Wildman–Crippen LogP) is 4.07. The standard InChI is InChI=1S/C15H24N2OS/c1-4-15(3,18-5-2)14-16-12-10-8-6-7-9-11(12)13(19)17-14/h4-10H2,1-3H3,(H,16,17,19). The average molecular weight is 280 g/mol. The van der Waals surface area contributed by atoms with Gasteiger partial charge in [0.15, 0.2) is 0 Å². The normalized spacial score (nSPS) is 18.5. The van der Waals surface area contributed by atoms with Gasteiger partial charge in [0, 0.05) is 17.9 Å². The Bertz CT molecular complexity index is 497. The summed E-state index contributed by atoms with van der Waals surface area (Å²) in [6.45, 7) is 6.92. The molecule has 0 saturated carbocycles. The van der Waals surface area contributed by atoms with E-state index in [9.17, 15) is 0 Å². The first-order valence-electron chi connectivity index (χ1n) is 7.37. The van der Waals surface area contributed by atoms with Crippen molar-refractivity contribution in [2.24, 2.45) is 0 Å². The number of H-pyrrole nitrogens is 1. The molecule has 0 saturated heterocycles. The first kappa shape index (κ1) is 14.7. The molecule has 0 aliphatic heterocycles. The van der Waals surface area contributed by atoms with Crippen molar-refractivity contribution in [2.75, 3.05) is 6.61 Å². The van der Waals surface area contributed by atoms with Crippen molar-refractivity contribution < 1.29 is 4.74 Å². The van der Waals surface area contributed by atoms with Crippen LogP contribution in [0.1, 0.15) is 63.5 Å². The number of rotatable bonds is 4. The van der Waals surface area contributed by atoms with Crippen molar-refractivity contribution in [1.82, 2.24) is 9.97 Å². The third-order valence-electron chi connectivity index (χ3n) is 4.10. The van der Waals surface area contributed by atoms with Crippen molar-refractivity contribution in [3.63, 3.8) is 0 Å². The molecule has 1 aliphatic rings. The number of aromatic amines is 1. The SMILES string of the molecule is CCOC(C)(CC)c1nc(=S)c2c([nH]1)CCCCC2. The largest absolute Gasteiger partial charge is 0.368 e. The average Bonchev–Trinajstić information content (AvgIpc) is 2.64. The Hall–Kier alpha value is -0.740. The van der Waals surface area contributed by atoms with Crippen LogP contribution in [-0.2, 0) is 23.2 Å². The minimum atomic E-state index is -0.357. The van der Waals surface area contributed by atoms with Gasteiger partial charge in [-0.2, -0.15) is 0 Å². The lowest BCUT2D eigenvalue weighted by atomic mass is 10.0. The van der Waals surface area contributed by atoms with Gasteiger partial charge in [-0.1, -0.05) is 25.6 Å². The molecule has 1 heterocycles. The lowest BCUT2D eigenvalue weighted by Crippen LogP contribution is -2.28. The molecule has 1 N–H and O–H groups in total. The van der Waals surface area contributed by atoms with Crippen LogP contribution in [0.3, 0.4) is 0 Å². The van der Waals surface area contributed by atoms with Gasteiger partial charge in [-0.15, -0.1) is 0 Å². The summed E-state index contributed by atoms with van der Waals surface area (Å²) in [4.78, 5) is 8.14. The van der Waals surface area contributed by atoms with E-state index in [2.05, 4.69) is 23.8 Å². The van der Waals surface area contributed by atoms with E-state index in [1.807, 2.05) is 6.92 Å². The third-order valence-corrected chi connectivity index (χ3v) is 4.43. The molecule has 4 heteroatoms. The zero-order valence-corrected chi connectivity index (χ0v) is 13.0. The highest BCUT2D eigenvalue weighted by atomic mass is 32.1. The predicted molar refractivity (Wildman–Crippen MR) is 79.9 cm³/mol. The monoisotopic (exact) mass is 280 g/mol. The van der Waals surface area contributed by atoms with Gasteiger partial charge in [0.2, 0.25) is 0 Å². The van der Waals surface area contributed by atoms with Gasteiger partial charge in [-0.05, 0) is 46.0 Å². The van der Waals surface area contributed by atoms with Crippen LogP contribution in [0.15, 0.2) is 0 Å². The van der Waals surface area contributed by atoms with Crippen molar-refractivity contribution in [3.8, 4) is 0 Å². The van der Waals surface area contributed by atoms with Crippen LogP contribution in [0, 0.1) is 4.64 Å². The Morgan fingerprint density at radius 2 is 2.00 bits per heavy atom. The van der Waals surface area contributed by atoms with Crippen LogP contribution in [0.25, 0.3) is 0 Å². The Balaban J connectivity index is 2.46. The minimum absolute atomic E-state index is 0.357. The summed E-state index contributed by atoms with van der Waals surface area (Å²) in [7, 11) is 0. The molecule has 1 unspecified atom stereocenters.